The molecule has 146 valence electrons. The molecule has 0 saturated heterocycles. The second kappa shape index (κ2) is 8.41. The van der Waals surface area contributed by atoms with Crippen LogP contribution < -0.4 is 5.32 Å². The van der Waals surface area contributed by atoms with E-state index in [1.165, 1.54) is 27.3 Å². The predicted octanol–water partition coefficient (Wildman–Crippen LogP) is 5.42. The van der Waals surface area contributed by atoms with E-state index in [4.69, 9.17) is 4.98 Å². The minimum absolute atomic E-state index is 0.242. The second-order valence-electron chi connectivity index (χ2n) is 6.81. The third-order valence-electron chi connectivity index (χ3n) is 4.61. The van der Waals surface area contributed by atoms with Gasteiger partial charge < -0.3 is 0 Å². The van der Waals surface area contributed by atoms with Gasteiger partial charge in [-0.2, -0.15) is 5.10 Å². The molecule has 5 nitrogen and oxygen atoms in total. The van der Waals surface area contributed by atoms with Crippen molar-refractivity contribution in [2.24, 2.45) is 7.05 Å². The fraction of sp³-hybridized carbons (Fsp3) is 0.174. The van der Waals surface area contributed by atoms with Gasteiger partial charge in [0.1, 0.15) is 0 Å². The van der Waals surface area contributed by atoms with Crippen molar-refractivity contribution < 1.29 is 4.79 Å². The monoisotopic (exact) mass is 402 g/mol. The normalized spacial score (nSPS) is 10.8. The van der Waals surface area contributed by atoms with Crippen molar-refractivity contribution in [1.82, 2.24) is 14.8 Å². The van der Waals surface area contributed by atoms with E-state index in [-0.39, 0.29) is 5.91 Å². The summed E-state index contributed by atoms with van der Waals surface area (Å²) in [5.74, 6) is -0.242. The molecule has 0 saturated carbocycles. The molecule has 2 heterocycles. The molecule has 0 aliphatic carbocycles. The largest absolute Gasteiger partial charge is 0.296 e. The van der Waals surface area contributed by atoms with Gasteiger partial charge in [-0.15, -0.1) is 11.3 Å². The van der Waals surface area contributed by atoms with Crippen LogP contribution in [0.1, 0.15) is 28.7 Å². The van der Waals surface area contributed by atoms with Crippen molar-refractivity contribution in [1.29, 1.82) is 0 Å². The lowest BCUT2D eigenvalue weighted by Gasteiger charge is -2.04. The summed E-state index contributed by atoms with van der Waals surface area (Å²) >= 11 is 1.53. The number of nitrogens with one attached hydrogen (secondary N) is 1. The van der Waals surface area contributed by atoms with E-state index in [1.807, 2.05) is 18.2 Å². The maximum absolute atomic E-state index is 12.4. The first-order chi connectivity index (χ1) is 14.1. The molecule has 0 spiro atoms. The fourth-order valence-corrected chi connectivity index (χ4v) is 4.26. The zero-order valence-corrected chi connectivity index (χ0v) is 17.2. The summed E-state index contributed by atoms with van der Waals surface area (Å²) in [4.78, 5) is 18.3. The lowest BCUT2D eigenvalue weighted by molar-refractivity contribution is 0.102. The minimum Gasteiger partial charge on any atom is -0.296 e. The number of carbonyl (C=O) groups excluding carboxylic acids is 1. The van der Waals surface area contributed by atoms with Crippen LogP contribution in [0.15, 0.2) is 66.9 Å². The van der Waals surface area contributed by atoms with E-state index in [2.05, 4.69) is 53.7 Å². The van der Waals surface area contributed by atoms with E-state index in [9.17, 15) is 4.79 Å². The van der Waals surface area contributed by atoms with Crippen LogP contribution in [0.4, 0.5) is 5.13 Å². The van der Waals surface area contributed by atoms with Gasteiger partial charge >= 0.3 is 0 Å². The molecular formula is C23H22N4OS. The lowest BCUT2D eigenvalue weighted by Crippen LogP contribution is -2.12. The molecule has 1 N–H and O–H groups in total. The summed E-state index contributed by atoms with van der Waals surface area (Å²) < 4.78 is 1.61. The van der Waals surface area contributed by atoms with Crippen molar-refractivity contribution >= 4 is 22.4 Å². The Bertz CT molecular complexity index is 1110. The number of hydrogen-bond acceptors (Lipinski definition) is 4. The Hall–Kier alpha value is -3.25. The van der Waals surface area contributed by atoms with E-state index >= 15 is 0 Å². The zero-order valence-electron chi connectivity index (χ0n) is 16.4. The maximum atomic E-state index is 12.4. The lowest BCUT2D eigenvalue weighted by atomic mass is 10.0. The molecule has 0 bridgehead atoms. The van der Waals surface area contributed by atoms with Crippen LogP contribution in [0.3, 0.4) is 0 Å². The van der Waals surface area contributed by atoms with Crippen molar-refractivity contribution in [3.8, 4) is 22.4 Å². The molecule has 0 atom stereocenters. The Balaban J connectivity index is 1.60. The molecule has 0 radical (unpaired) electrons. The van der Waals surface area contributed by atoms with Crippen LogP contribution in [0.2, 0.25) is 0 Å². The highest BCUT2D eigenvalue weighted by atomic mass is 32.1. The topological polar surface area (TPSA) is 59.8 Å². The molecule has 4 aromatic rings. The summed E-state index contributed by atoms with van der Waals surface area (Å²) in [6.45, 7) is 2.15. The summed E-state index contributed by atoms with van der Waals surface area (Å²) in [5.41, 5.74) is 4.74. The number of aromatic nitrogens is 3. The first-order valence-electron chi connectivity index (χ1n) is 9.60. The Kier molecular flexibility index (Phi) is 5.53. The van der Waals surface area contributed by atoms with Crippen LogP contribution in [0.5, 0.6) is 0 Å². The van der Waals surface area contributed by atoms with Gasteiger partial charge in [0, 0.05) is 23.7 Å². The van der Waals surface area contributed by atoms with Crippen LogP contribution in [0.25, 0.3) is 22.4 Å². The number of benzene rings is 2. The molecular weight excluding hydrogens is 380 g/mol. The summed E-state index contributed by atoms with van der Waals surface area (Å²) in [5, 5.41) is 7.64. The van der Waals surface area contributed by atoms with E-state index in [0.29, 0.717) is 10.8 Å². The predicted molar refractivity (Wildman–Crippen MR) is 118 cm³/mol. The Morgan fingerprint density at radius 3 is 2.34 bits per heavy atom. The van der Waals surface area contributed by atoms with E-state index in [1.54, 1.807) is 24.0 Å². The van der Waals surface area contributed by atoms with Crippen molar-refractivity contribution in [3.05, 3.63) is 77.4 Å². The number of aryl methyl sites for hydroxylation is 2. The average Bonchev–Trinajstić information content (AvgIpc) is 3.35. The standard InChI is InChI=1S/C23H22N4OS/c1-3-7-20-21(18-12-10-17(11-13-18)16-8-5-4-6-9-16)24-23(29-20)25-22(28)19-14-15-27(2)26-19/h4-6,8-15H,3,7H2,1-2H3,(H,24,25,28). The molecule has 0 aliphatic rings. The van der Waals surface area contributed by atoms with Crippen molar-refractivity contribution in [2.75, 3.05) is 5.32 Å². The Morgan fingerprint density at radius 1 is 1.00 bits per heavy atom. The molecule has 29 heavy (non-hydrogen) atoms. The Labute approximate surface area is 174 Å². The summed E-state index contributed by atoms with van der Waals surface area (Å²) in [7, 11) is 1.79. The quantitative estimate of drug-likeness (QED) is 0.469. The van der Waals surface area contributed by atoms with Gasteiger partial charge in [-0.3, -0.25) is 14.8 Å². The highest BCUT2D eigenvalue weighted by Crippen LogP contribution is 2.33. The van der Waals surface area contributed by atoms with Gasteiger partial charge in [-0.25, -0.2) is 4.98 Å². The summed E-state index contributed by atoms with van der Waals surface area (Å²) in [6, 6.07) is 20.4. The number of anilines is 1. The van der Waals surface area contributed by atoms with Crippen molar-refractivity contribution in [3.63, 3.8) is 0 Å². The highest BCUT2D eigenvalue weighted by Gasteiger charge is 2.16. The van der Waals surface area contributed by atoms with Gasteiger partial charge in [-0.05, 0) is 23.6 Å². The third-order valence-corrected chi connectivity index (χ3v) is 5.64. The SMILES string of the molecule is CCCc1sc(NC(=O)c2ccn(C)n2)nc1-c1ccc(-c2ccccc2)cc1. The van der Waals surface area contributed by atoms with Gasteiger partial charge in [0.25, 0.3) is 5.91 Å². The van der Waals surface area contributed by atoms with Gasteiger partial charge in [-0.1, -0.05) is 67.9 Å². The molecule has 6 heteroatoms. The van der Waals surface area contributed by atoms with Crippen LogP contribution in [-0.4, -0.2) is 20.7 Å². The number of hydrogen-bond donors (Lipinski definition) is 1. The maximum Gasteiger partial charge on any atom is 0.277 e. The third kappa shape index (κ3) is 4.27. The van der Waals surface area contributed by atoms with Gasteiger partial charge in [0.2, 0.25) is 0 Å². The Morgan fingerprint density at radius 2 is 1.69 bits per heavy atom. The minimum atomic E-state index is -0.242. The molecule has 2 aromatic carbocycles. The summed E-state index contributed by atoms with van der Waals surface area (Å²) in [6.07, 6.45) is 3.69. The first-order valence-corrected chi connectivity index (χ1v) is 10.4. The molecule has 0 aliphatic heterocycles. The molecule has 0 fully saturated rings. The second-order valence-corrected chi connectivity index (χ2v) is 7.90. The van der Waals surface area contributed by atoms with Gasteiger partial charge in [0.15, 0.2) is 10.8 Å². The van der Waals surface area contributed by atoms with Crippen LogP contribution in [-0.2, 0) is 13.5 Å². The molecule has 2 aromatic heterocycles. The zero-order chi connectivity index (χ0) is 20.2. The fourth-order valence-electron chi connectivity index (χ4n) is 3.18. The number of rotatable bonds is 6. The van der Waals surface area contributed by atoms with Crippen LogP contribution >= 0.6 is 11.3 Å². The molecule has 0 unspecified atom stereocenters. The number of carbonyl (C=O) groups is 1. The highest BCUT2D eigenvalue weighted by molar-refractivity contribution is 7.16. The van der Waals surface area contributed by atoms with Crippen LogP contribution in [0, 0.1) is 0 Å². The molecule has 1 amide bonds. The molecule has 4 rings (SSSR count). The van der Waals surface area contributed by atoms with Gasteiger partial charge in [0.05, 0.1) is 5.69 Å². The first kappa shape index (κ1) is 19.1. The number of amides is 1. The number of thiazole rings is 1. The van der Waals surface area contributed by atoms with Crippen molar-refractivity contribution in [2.45, 2.75) is 19.8 Å². The van der Waals surface area contributed by atoms with E-state index < -0.39 is 0 Å². The van der Waals surface area contributed by atoms with E-state index in [0.717, 1.165) is 24.1 Å². The number of nitrogens with zero attached hydrogens (tertiary/aromatic N) is 3. The smallest absolute Gasteiger partial charge is 0.277 e. The average molecular weight is 403 g/mol.